The summed E-state index contributed by atoms with van der Waals surface area (Å²) in [6, 6.07) is 2.65. The Balaban J connectivity index is 2.54. The minimum atomic E-state index is -4.60. The number of oxazole rings is 1. The third kappa shape index (κ3) is 3.33. The monoisotopic (exact) mass is 300 g/mol. The maximum Gasteiger partial charge on any atom is 0.416 e. The van der Waals surface area contributed by atoms with Crippen LogP contribution >= 0.6 is 0 Å². The van der Waals surface area contributed by atoms with Crippen LogP contribution in [0.4, 0.5) is 19.2 Å². The highest BCUT2D eigenvalue weighted by Crippen LogP contribution is 2.33. The highest BCUT2D eigenvalue weighted by atomic mass is 19.4. The minimum absolute atomic E-state index is 0.0569. The lowest BCUT2D eigenvalue weighted by Crippen LogP contribution is -2.10. The smallest absolute Gasteiger partial charge is 0.416 e. The van der Waals surface area contributed by atoms with Crippen LogP contribution in [0.5, 0.6) is 0 Å². The average molecular weight is 300 g/mol. The van der Waals surface area contributed by atoms with Gasteiger partial charge in [-0.25, -0.2) is 4.79 Å². The lowest BCUT2D eigenvalue weighted by atomic mass is 10.0. The summed E-state index contributed by atoms with van der Waals surface area (Å²) in [6.45, 7) is 1.62. The van der Waals surface area contributed by atoms with Crippen LogP contribution in [-0.2, 0) is 10.9 Å². The number of aromatic nitrogens is 1. The highest BCUT2D eigenvalue weighted by Gasteiger charge is 2.32. The molecule has 112 valence electrons. The van der Waals surface area contributed by atoms with Gasteiger partial charge < -0.3 is 14.9 Å². The van der Waals surface area contributed by atoms with Gasteiger partial charge in [-0.3, -0.25) is 0 Å². The van der Waals surface area contributed by atoms with Crippen LogP contribution in [-0.4, -0.2) is 17.6 Å². The zero-order chi connectivity index (χ0) is 15.6. The first kappa shape index (κ1) is 14.9. The van der Waals surface area contributed by atoms with Crippen LogP contribution < -0.4 is 5.73 Å². The number of benzene rings is 1. The molecule has 21 heavy (non-hydrogen) atoms. The zero-order valence-corrected chi connectivity index (χ0v) is 10.9. The lowest BCUT2D eigenvalue weighted by molar-refractivity contribution is -0.137. The van der Waals surface area contributed by atoms with E-state index in [-0.39, 0.29) is 29.4 Å². The highest BCUT2D eigenvalue weighted by molar-refractivity contribution is 5.91. The Hall–Kier alpha value is -2.51. The number of hydrogen-bond acceptors (Lipinski definition) is 5. The van der Waals surface area contributed by atoms with E-state index < -0.39 is 17.7 Å². The predicted molar refractivity (Wildman–Crippen MR) is 67.3 cm³/mol. The lowest BCUT2D eigenvalue weighted by Gasteiger charge is -2.10. The van der Waals surface area contributed by atoms with E-state index in [1.165, 1.54) is 6.07 Å². The number of carbonyl (C=O) groups excluding carboxylic acids is 1. The Labute approximate surface area is 117 Å². The molecule has 0 fully saturated rings. The van der Waals surface area contributed by atoms with Crippen LogP contribution in [0.3, 0.4) is 0 Å². The largest absolute Gasteiger partial charge is 0.462 e. The van der Waals surface area contributed by atoms with Gasteiger partial charge in [0.2, 0.25) is 0 Å². The van der Waals surface area contributed by atoms with E-state index in [1.54, 1.807) is 6.92 Å². The summed E-state index contributed by atoms with van der Waals surface area (Å²) in [4.78, 5) is 15.4. The molecule has 1 aromatic heterocycles. The number of carbonyl (C=O) groups is 1. The molecule has 0 aliphatic heterocycles. The Morgan fingerprint density at radius 1 is 1.38 bits per heavy atom. The Morgan fingerprint density at radius 3 is 2.62 bits per heavy atom. The van der Waals surface area contributed by atoms with E-state index in [9.17, 15) is 18.0 Å². The van der Waals surface area contributed by atoms with Crippen molar-refractivity contribution in [1.82, 2.24) is 4.98 Å². The maximum atomic E-state index is 12.9. The molecule has 2 rings (SSSR count). The summed E-state index contributed by atoms with van der Waals surface area (Å²) in [5.74, 6) is -0.846. The number of anilines is 1. The van der Waals surface area contributed by atoms with Gasteiger partial charge in [0, 0.05) is 5.56 Å². The molecule has 0 bridgehead atoms. The number of nitrogens with zero attached hydrogens (tertiary/aromatic N) is 1. The van der Waals surface area contributed by atoms with Crippen molar-refractivity contribution in [1.29, 1.82) is 0 Å². The second-order valence-electron chi connectivity index (χ2n) is 4.09. The number of rotatable bonds is 3. The number of alkyl halides is 3. The molecular formula is C13H11F3N2O3. The van der Waals surface area contributed by atoms with Gasteiger partial charge in [0.05, 0.1) is 17.7 Å². The molecule has 0 saturated carbocycles. The molecule has 1 aromatic carbocycles. The summed E-state index contributed by atoms with van der Waals surface area (Å²) in [5, 5.41) is 0. The van der Waals surface area contributed by atoms with Crippen LogP contribution in [0.15, 0.2) is 28.9 Å². The van der Waals surface area contributed by atoms with Crippen molar-refractivity contribution in [2.24, 2.45) is 0 Å². The van der Waals surface area contributed by atoms with E-state index in [4.69, 9.17) is 14.9 Å². The van der Waals surface area contributed by atoms with Crippen molar-refractivity contribution in [2.75, 3.05) is 12.3 Å². The number of esters is 1. The Bertz CT molecular complexity index is 665. The third-order valence-electron chi connectivity index (χ3n) is 2.59. The van der Waals surface area contributed by atoms with E-state index in [1.807, 2.05) is 0 Å². The summed E-state index contributed by atoms with van der Waals surface area (Å²) in [6.07, 6.45) is -3.49. The molecule has 0 amide bonds. The molecule has 5 nitrogen and oxygen atoms in total. The van der Waals surface area contributed by atoms with Crippen molar-refractivity contribution in [3.05, 3.63) is 35.6 Å². The standard InChI is InChI=1S/C13H11F3N2O3/c1-2-20-11(19)8-3-7(10-6-21-12(17)18-10)4-9(5-8)13(14,15)16/h3-6H,2H2,1H3,(H2,17,18). The molecule has 2 aromatic rings. The van der Waals surface area contributed by atoms with Gasteiger partial charge >= 0.3 is 12.1 Å². The van der Waals surface area contributed by atoms with Crippen LogP contribution in [0, 0.1) is 0 Å². The SMILES string of the molecule is CCOC(=O)c1cc(-c2coc(N)n2)cc(C(F)(F)F)c1. The molecule has 0 aliphatic rings. The second-order valence-corrected chi connectivity index (χ2v) is 4.09. The molecule has 0 unspecified atom stereocenters. The van der Waals surface area contributed by atoms with Crippen molar-refractivity contribution >= 4 is 12.0 Å². The maximum absolute atomic E-state index is 12.9. The first-order valence-corrected chi connectivity index (χ1v) is 5.92. The van der Waals surface area contributed by atoms with E-state index in [0.29, 0.717) is 0 Å². The van der Waals surface area contributed by atoms with E-state index in [0.717, 1.165) is 18.4 Å². The summed E-state index contributed by atoms with van der Waals surface area (Å²) in [5.41, 5.74) is 4.26. The van der Waals surface area contributed by atoms with Crippen LogP contribution in [0.25, 0.3) is 11.3 Å². The first-order valence-electron chi connectivity index (χ1n) is 5.92. The second kappa shape index (κ2) is 5.47. The molecular weight excluding hydrogens is 289 g/mol. The van der Waals surface area contributed by atoms with Gasteiger partial charge in [0.15, 0.2) is 0 Å². The molecule has 0 radical (unpaired) electrons. The van der Waals surface area contributed by atoms with Gasteiger partial charge in [-0.05, 0) is 25.1 Å². The average Bonchev–Trinajstić information content (AvgIpc) is 2.84. The van der Waals surface area contributed by atoms with Crippen LogP contribution in [0.2, 0.25) is 0 Å². The number of ether oxygens (including phenoxy) is 1. The van der Waals surface area contributed by atoms with E-state index in [2.05, 4.69) is 4.98 Å². The molecule has 1 heterocycles. The number of hydrogen-bond donors (Lipinski definition) is 1. The third-order valence-corrected chi connectivity index (χ3v) is 2.59. The quantitative estimate of drug-likeness (QED) is 0.881. The molecule has 0 spiro atoms. The van der Waals surface area contributed by atoms with Crippen molar-refractivity contribution < 1.29 is 27.1 Å². The fourth-order valence-corrected chi connectivity index (χ4v) is 1.69. The van der Waals surface area contributed by atoms with Gasteiger partial charge in [-0.2, -0.15) is 18.2 Å². The van der Waals surface area contributed by atoms with Crippen molar-refractivity contribution in [3.8, 4) is 11.3 Å². The zero-order valence-electron chi connectivity index (χ0n) is 10.9. The normalized spacial score (nSPS) is 11.4. The molecule has 0 atom stereocenters. The molecule has 8 heteroatoms. The fraction of sp³-hybridized carbons (Fsp3) is 0.231. The fourth-order valence-electron chi connectivity index (χ4n) is 1.69. The van der Waals surface area contributed by atoms with Gasteiger partial charge in [-0.1, -0.05) is 0 Å². The van der Waals surface area contributed by atoms with Crippen LogP contribution in [0.1, 0.15) is 22.8 Å². The summed E-state index contributed by atoms with van der Waals surface area (Å²) >= 11 is 0. The van der Waals surface area contributed by atoms with Crippen molar-refractivity contribution in [2.45, 2.75) is 13.1 Å². The van der Waals surface area contributed by atoms with E-state index >= 15 is 0 Å². The number of nitrogens with two attached hydrogens (primary N) is 1. The predicted octanol–water partition coefficient (Wildman–Crippen LogP) is 3.12. The summed E-state index contributed by atoms with van der Waals surface area (Å²) < 4.78 is 48.2. The van der Waals surface area contributed by atoms with Gasteiger partial charge in [0.25, 0.3) is 6.01 Å². The van der Waals surface area contributed by atoms with Gasteiger partial charge in [0.1, 0.15) is 12.0 Å². The molecule has 2 N–H and O–H groups in total. The van der Waals surface area contributed by atoms with Crippen molar-refractivity contribution in [3.63, 3.8) is 0 Å². The Kier molecular flexibility index (Phi) is 3.88. The minimum Gasteiger partial charge on any atom is -0.462 e. The topological polar surface area (TPSA) is 78.3 Å². The number of nitrogen functional groups attached to an aromatic ring is 1. The first-order chi connectivity index (χ1) is 9.81. The number of halogens is 3. The van der Waals surface area contributed by atoms with Gasteiger partial charge in [-0.15, -0.1) is 0 Å². The molecule has 0 saturated heterocycles. The Morgan fingerprint density at radius 2 is 2.10 bits per heavy atom. The summed E-state index contributed by atoms with van der Waals surface area (Å²) in [7, 11) is 0. The molecule has 0 aliphatic carbocycles.